The average molecular weight is 537 g/mol. The molecule has 0 radical (unpaired) electrons. The van der Waals surface area contributed by atoms with E-state index in [-0.39, 0.29) is 5.92 Å². The maximum absolute atomic E-state index is 12.8. The molecule has 0 bridgehead atoms. The highest BCUT2D eigenvalue weighted by Gasteiger charge is 2.44. The van der Waals surface area contributed by atoms with Gasteiger partial charge >= 0.3 is 13.8 Å². The Bertz CT molecular complexity index is 697. The zero-order valence-electron chi connectivity index (χ0n) is 22.4. The number of hydrogen-bond acceptors (Lipinski definition) is 8. The Morgan fingerprint density at radius 1 is 0.917 bits per heavy atom. The molecule has 0 aliphatic carbocycles. The lowest BCUT2D eigenvalue weighted by molar-refractivity contribution is -0.147. The number of esters is 1. The second-order valence-electron chi connectivity index (χ2n) is 9.94. The van der Waals surface area contributed by atoms with Gasteiger partial charge in [0.15, 0.2) is 11.9 Å². The van der Waals surface area contributed by atoms with Crippen LogP contribution in [-0.2, 0) is 23.1 Å². The molecule has 1 aliphatic rings. The molecule has 0 amide bonds. The summed E-state index contributed by atoms with van der Waals surface area (Å²) in [5, 5.41) is 28.9. The van der Waals surface area contributed by atoms with E-state index in [0.717, 1.165) is 51.4 Å². The third kappa shape index (κ3) is 12.4. The number of hydrogen-bond donors (Lipinski definition) is 4. The van der Waals surface area contributed by atoms with Gasteiger partial charge in [-0.1, -0.05) is 104 Å². The topological polar surface area (TPSA) is 143 Å². The Morgan fingerprint density at radius 2 is 1.42 bits per heavy atom. The van der Waals surface area contributed by atoms with Crippen LogP contribution >= 0.6 is 7.82 Å². The number of aliphatic hydroxyl groups excluding tert-OH is 3. The van der Waals surface area contributed by atoms with Crippen molar-refractivity contribution in [1.82, 2.24) is 0 Å². The molecule has 212 valence electrons. The number of carbonyl (C=O) groups is 1. The van der Waals surface area contributed by atoms with E-state index in [1.807, 2.05) is 6.92 Å². The Balaban J connectivity index is 2.73. The van der Waals surface area contributed by atoms with Crippen LogP contribution in [0.3, 0.4) is 0 Å². The maximum Gasteiger partial charge on any atom is 0.528 e. The molecule has 0 saturated carbocycles. The highest BCUT2D eigenvalue weighted by molar-refractivity contribution is 7.47. The number of ether oxygens (including phenoxy) is 1. The van der Waals surface area contributed by atoms with Crippen LogP contribution in [0.1, 0.15) is 117 Å². The largest absolute Gasteiger partial charge is 0.528 e. The lowest BCUT2D eigenvalue weighted by atomic mass is 9.93. The minimum atomic E-state index is -4.78. The summed E-state index contributed by atoms with van der Waals surface area (Å²) < 4.78 is 28.0. The van der Waals surface area contributed by atoms with Crippen molar-refractivity contribution in [2.45, 2.75) is 135 Å². The van der Waals surface area contributed by atoms with Crippen LogP contribution in [0.25, 0.3) is 0 Å². The van der Waals surface area contributed by atoms with Gasteiger partial charge in [-0.3, -0.25) is 9.42 Å². The van der Waals surface area contributed by atoms with Crippen molar-refractivity contribution in [1.29, 1.82) is 0 Å². The molecule has 0 aromatic heterocycles. The Kier molecular flexibility index (Phi) is 16.6. The smallest absolute Gasteiger partial charge is 0.505 e. The number of aliphatic hydroxyl groups is 3. The van der Waals surface area contributed by atoms with Crippen molar-refractivity contribution in [3.05, 3.63) is 11.5 Å². The van der Waals surface area contributed by atoms with Crippen LogP contribution in [0.5, 0.6) is 0 Å². The van der Waals surface area contributed by atoms with E-state index in [0.29, 0.717) is 6.42 Å². The molecule has 5 atom stereocenters. The third-order valence-corrected chi connectivity index (χ3v) is 7.62. The molecule has 36 heavy (non-hydrogen) atoms. The molecular weight excluding hydrogens is 487 g/mol. The van der Waals surface area contributed by atoms with Gasteiger partial charge in [0.05, 0.1) is 12.7 Å². The molecule has 0 spiro atoms. The first kappa shape index (κ1) is 32.9. The molecule has 0 saturated heterocycles. The summed E-state index contributed by atoms with van der Waals surface area (Å²) in [5.41, 5.74) is 0. The lowest BCUT2D eigenvalue weighted by Gasteiger charge is -2.26. The summed E-state index contributed by atoms with van der Waals surface area (Å²) in [6.07, 6.45) is 12.4. The van der Waals surface area contributed by atoms with Gasteiger partial charge in [0, 0.05) is 0 Å². The van der Waals surface area contributed by atoms with Gasteiger partial charge in [-0.25, -0.2) is 9.36 Å². The van der Waals surface area contributed by atoms with Crippen LogP contribution < -0.4 is 0 Å². The number of unbranched alkanes of at least 4 members (excludes halogenated alkanes) is 11. The Labute approximate surface area is 216 Å². The molecule has 4 N–H and O–H groups in total. The van der Waals surface area contributed by atoms with E-state index in [1.165, 1.54) is 38.5 Å². The molecule has 0 fully saturated rings. The van der Waals surface area contributed by atoms with Crippen LogP contribution in [-0.4, -0.2) is 51.1 Å². The summed E-state index contributed by atoms with van der Waals surface area (Å²) in [6, 6.07) is 0. The van der Waals surface area contributed by atoms with Gasteiger partial charge < -0.3 is 24.6 Å². The fourth-order valence-corrected chi connectivity index (χ4v) is 5.48. The maximum atomic E-state index is 12.8. The SMILES string of the molecule is CCCCCCCCCCC(OP(=O)(O)OC1=C(O)[C@@H](C(O)CO)OC1=O)C(C)CCCCCCC. The summed E-state index contributed by atoms with van der Waals surface area (Å²) >= 11 is 0. The summed E-state index contributed by atoms with van der Waals surface area (Å²) in [5.74, 6) is -2.92. The molecule has 9 nitrogen and oxygen atoms in total. The minimum absolute atomic E-state index is 0.00215. The molecule has 1 aliphatic heterocycles. The van der Waals surface area contributed by atoms with E-state index in [9.17, 15) is 24.5 Å². The van der Waals surface area contributed by atoms with Crippen molar-refractivity contribution in [2.75, 3.05) is 6.61 Å². The first-order valence-corrected chi connectivity index (χ1v) is 15.3. The molecule has 10 heteroatoms. The first-order chi connectivity index (χ1) is 17.2. The van der Waals surface area contributed by atoms with Crippen molar-refractivity contribution < 1.29 is 43.4 Å². The second-order valence-corrected chi connectivity index (χ2v) is 11.3. The third-order valence-electron chi connectivity index (χ3n) is 6.67. The van der Waals surface area contributed by atoms with E-state index < -0.39 is 50.2 Å². The quantitative estimate of drug-likeness (QED) is 0.0737. The normalized spacial score (nSPS) is 20.2. The molecular formula is C26H49O9P. The summed E-state index contributed by atoms with van der Waals surface area (Å²) in [7, 11) is -4.78. The molecule has 1 rings (SSSR count). The van der Waals surface area contributed by atoms with Gasteiger partial charge in [0.1, 0.15) is 6.10 Å². The number of phosphoric acid groups is 1. The fourth-order valence-electron chi connectivity index (χ4n) is 4.38. The van der Waals surface area contributed by atoms with E-state index in [2.05, 4.69) is 13.8 Å². The molecule has 0 aromatic rings. The highest BCUT2D eigenvalue weighted by atomic mass is 31.2. The first-order valence-electron chi connectivity index (χ1n) is 13.8. The Hall–Kier alpha value is -1.12. The Morgan fingerprint density at radius 3 is 1.94 bits per heavy atom. The zero-order chi connectivity index (χ0) is 27.0. The van der Waals surface area contributed by atoms with Gasteiger partial charge in [-0.2, -0.15) is 0 Å². The standard InChI is InChI=1S/C26H49O9P/c1-4-6-8-10-11-12-14-16-18-22(20(3)17-15-13-9-7-5-2)34-36(31,32)35-25-23(29)24(21(28)19-27)33-26(25)30/h20-22,24,27-29H,4-19H2,1-3H3,(H,31,32)/t20?,21?,22?,24-/m1/s1. The van der Waals surface area contributed by atoms with E-state index in [1.54, 1.807) is 0 Å². The highest BCUT2D eigenvalue weighted by Crippen LogP contribution is 2.50. The number of rotatable bonds is 22. The van der Waals surface area contributed by atoms with Crippen LogP contribution in [0.4, 0.5) is 0 Å². The second kappa shape index (κ2) is 18.2. The summed E-state index contributed by atoms with van der Waals surface area (Å²) in [6.45, 7) is 5.57. The minimum Gasteiger partial charge on any atom is -0.505 e. The van der Waals surface area contributed by atoms with Crippen LogP contribution in [0.15, 0.2) is 11.5 Å². The summed E-state index contributed by atoms with van der Waals surface area (Å²) in [4.78, 5) is 22.5. The molecule has 1 heterocycles. The average Bonchev–Trinajstić information content (AvgIpc) is 3.11. The van der Waals surface area contributed by atoms with Crippen molar-refractivity contribution in [2.24, 2.45) is 5.92 Å². The van der Waals surface area contributed by atoms with Crippen molar-refractivity contribution in [3.8, 4) is 0 Å². The van der Waals surface area contributed by atoms with Gasteiger partial charge in [-0.05, 0) is 18.8 Å². The monoisotopic (exact) mass is 536 g/mol. The zero-order valence-corrected chi connectivity index (χ0v) is 23.3. The van der Waals surface area contributed by atoms with Crippen molar-refractivity contribution in [3.63, 3.8) is 0 Å². The van der Waals surface area contributed by atoms with Gasteiger partial charge in [0.25, 0.3) is 5.76 Å². The van der Waals surface area contributed by atoms with Gasteiger partial charge in [0.2, 0.25) is 0 Å². The fraction of sp³-hybridized carbons (Fsp3) is 0.885. The number of carbonyl (C=O) groups excluding carboxylic acids is 1. The van der Waals surface area contributed by atoms with Crippen LogP contribution in [0.2, 0.25) is 0 Å². The number of cyclic esters (lactones) is 1. The van der Waals surface area contributed by atoms with Crippen molar-refractivity contribution >= 4 is 13.8 Å². The predicted molar refractivity (Wildman–Crippen MR) is 138 cm³/mol. The number of phosphoric ester groups is 1. The molecule has 4 unspecified atom stereocenters. The lowest BCUT2D eigenvalue weighted by Crippen LogP contribution is -2.31. The predicted octanol–water partition coefficient (Wildman–Crippen LogP) is 6.06. The van der Waals surface area contributed by atoms with E-state index >= 15 is 0 Å². The molecule has 0 aromatic carbocycles. The van der Waals surface area contributed by atoms with E-state index in [4.69, 9.17) is 18.9 Å². The van der Waals surface area contributed by atoms with Gasteiger partial charge in [-0.15, -0.1) is 0 Å². The van der Waals surface area contributed by atoms with Crippen LogP contribution in [0, 0.1) is 5.92 Å².